The number of hydrogen-bond acceptors (Lipinski definition) is 6. The molecule has 1 aliphatic carbocycles. The largest absolute Gasteiger partial charge is 0.476 e. The Bertz CT molecular complexity index is 544. The summed E-state index contributed by atoms with van der Waals surface area (Å²) in [5.41, 5.74) is -0.119. The van der Waals surface area contributed by atoms with Gasteiger partial charge < -0.3 is 20.1 Å². The predicted octanol–water partition coefficient (Wildman–Crippen LogP) is -0.341. The van der Waals surface area contributed by atoms with Gasteiger partial charge in [0, 0.05) is 12.6 Å². The average Bonchev–Trinajstić information content (AvgIpc) is 3.31. The van der Waals surface area contributed by atoms with Gasteiger partial charge in [0.1, 0.15) is 11.9 Å². The lowest BCUT2D eigenvalue weighted by molar-refractivity contribution is -0.124. The molecule has 0 spiro atoms. The molecular formula is C13H16N4O4. The van der Waals surface area contributed by atoms with Gasteiger partial charge in [0.15, 0.2) is 5.69 Å². The highest BCUT2D eigenvalue weighted by Gasteiger charge is 2.34. The Morgan fingerprint density at radius 1 is 1.33 bits per heavy atom. The minimum Gasteiger partial charge on any atom is -0.476 e. The van der Waals surface area contributed by atoms with Gasteiger partial charge in [-0.05, 0) is 12.8 Å². The third-order valence-electron chi connectivity index (χ3n) is 3.51. The number of carboxylic acids is 1. The molecule has 8 nitrogen and oxygen atoms in total. The number of nitrogens with zero attached hydrogens (tertiary/aromatic N) is 3. The van der Waals surface area contributed by atoms with Crippen molar-refractivity contribution >= 4 is 17.7 Å². The molecule has 1 amide bonds. The topological polar surface area (TPSA) is 105 Å². The summed E-state index contributed by atoms with van der Waals surface area (Å²) < 4.78 is 5.37. The molecule has 1 aromatic heterocycles. The zero-order valence-electron chi connectivity index (χ0n) is 11.4. The molecule has 2 fully saturated rings. The molecule has 2 N–H and O–H groups in total. The highest BCUT2D eigenvalue weighted by atomic mass is 16.5. The van der Waals surface area contributed by atoms with Crippen LogP contribution in [0.2, 0.25) is 0 Å². The number of rotatable bonds is 4. The molecule has 0 bridgehead atoms. The number of morpholine rings is 1. The lowest BCUT2D eigenvalue weighted by Gasteiger charge is -2.35. The maximum absolute atomic E-state index is 12.2. The molecule has 0 aromatic carbocycles. The van der Waals surface area contributed by atoms with Crippen LogP contribution in [-0.4, -0.2) is 58.8 Å². The molecule has 1 aliphatic heterocycles. The van der Waals surface area contributed by atoms with Crippen LogP contribution >= 0.6 is 0 Å². The van der Waals surface area contributed by atoms with Crippen molar-refractivity contribution in [2.75, 3.05) is 24.7 Å². The summed E-state index contributed by atoms with van der Waals surface area (Å²) in [6.07, 6.45) is 4.62. The van der Waals surface area contributed by atoms with Crippen LogP contribution in [0.1, 0.15) is 23.3 Å². The molecule has 0 radical (unpaired) electrons. The predicted molar refractivity (Wildman–Crippen MR) is 72.1 cm³/mol. The van der Waals surface area contributed by atoms with Crippen LogP contribution in [0.5, 0.6) is 0 Å². The van der Waals surface area contributed by atoms with Crippen molar-refractivity contribution < 1.29 is 19.4 Å². The fraction of sp³-hybridized carbons (Fsp3) is 0.538. The van der Waals surface area contributed by atoms with Crippen molar-refractivity contribution in [3.8, 4) is 0 Å². The summed E-state index contributed by atoms with van der Waals surface area (Å²) >= 11 is 0. The molecule has 21 heavy (non-hydrogen) atoms. The highest BCUT2D eigenvalue weighted by Crippen LogP contribution is 2.21. The van der Waals surface area contributed by atoms with E-state index in [2.05, 4.69) is 15.3 Å². The second kappa shape index (κ2) is 5.65. The van der Waals surface area contributed by atoms with Crippen LogP contribution in [0.3, 0.4) is 0 Å². The van der Waals surface area contributed by atoms with E-state index in [9.17, 15) is 9.59 Å². The van der Waals surface area contributed by atoms with Crippen LogP contribution in [0.15, 0.2) is 12.4 Å². The van der Waals surface area contributed by atoms with Crippen molar-refractivity contribution in [3.63, 3.8) is 0 Å². The van der Waals surface area contributed by atoms with Gasteiger partial charge >= 0.3 is 5.97 Å². The number of nitrogens with one attached hydrogen (secondary N) is 1. The summed E-state index contributed by atoms with van der Waals surface area (Å²) in [5.74, 6) is -0.723. The zero-order valence-corrected chi connectivity index (χ0v) is 11.4. The Balaban J connectivity index is 1.76. The summed E-state index contributed by atoms with van der Waals surface area (Å²) in [7, 11) is 0. The summed E-state index contributed by atoms with van der Waals surface area (Å²) in [5, 5.41) is 11.8. The second-order valence-electron chi connectivity index (χ2n) is 5.13. The Morgan fingerprint density at radius 3 is 2.76 bits per heavy atom. The lowest BCUT2D eigenvalue weighted by atomic mass is 10.2. The molecule has 1 saturated carbocycles. The monoisotopic (exact) mass is 292 g/mol. The van der Waals surface area contributed by atoms with E-state index in [1.165, 1.54) is 12.4 Å². The molecule has 8 heteroatoms. The Labute approximate surface area is 121 Å². The lowest BCUT2D eigenvalue weighted by Crippen LogP contribution is -2.54. The van der Waals surface area contributed by atoms with E-state index in [4.69, 9.17) is 9.84 Å². The van der Waals surface area contributed by atoms with E-state index in [-0.39, 0.29) is 17.6 Å². The minimum absolute atomic E-state index is 0.0821. The van der Waals surface area contributed by atoms with E-state index in [1.807, 2.05) is 0 Å². The van der Waals surface area contributed by atoms with Gasteiger partial charge in [-0.25, -0.2) is 14.8 Å². The van der Waals surface area contributed by atoms with E-state index in [1.54, 1.807) is 4.90 Å². The number of carbonyl (C=O) groups excluding carboxylic acids is 1. The number of aromatic carboxylic acids is 1. The molecule has 1 unspecified atom stereocenters. The molecule has 1 aromatic rings. The maximum atomic E-state index is 12.2. The average molecular weight is 292 g/mol. The number of ether oxygens (including phenoxy) is 1. The number of hydrogen-bond donors (Lipinski definition) is 2. The first-order valence-corrected chi connectivity index (χ1v) is 6.85. The number of amides is 1. The summed E-state index contributed by atoms with van der Waals surface area (Å²) in [6, 6.07) is -0.175. The van der Waals surface area contributed by atoms with Gasteiger partial charge in [-0.1, -0.05) is 0 Å². The smallest absolute Gasteiger partial charge is 0.356 e. The quantitative estimate of drug-likeness (QED) is 0.782. The second-order valence-corrected chi connectivity index (χ2v) is 5.13. The van der Waals surface area contributed by atoms with Crippen LogP contribution < -0.4 is 10.2 Å². The summed E-state index contributed by atoms with van der Waals surface area (Å²) in [6.45, 7) is 1.31. The van der Waals surface area contributed by atoms with E-state index >= 15 is 0 Å². The van der Waals surface area contributed by atoms with Crippen molar-refractivity contribution in [2.45, 2.75) is 24.9 Å². The van der Waals surface area contributed by atoms with Gasteiger partial charge in [0.2, 0.25) is 5.91 Å². The normalized spacial score (nSPS) is 21.9. The number of aromatic nitrogens is 2. The van der Waals surface area contributed by atoms with Crippen molar-refractivity contribution in [2.24, 2.45) is 0 Å². The fourth-order valence-corrected chi connectivity index (χ4v) is 2.20. The number of carboxylic acid groups (broad SMARTS) is 1. The standard InChI is InChI=1S/C13H16N4O4/c18-12(16-8-1-2-8)10-7-21-4-3-17(10)11-6-14-9(5-15-11)13(19)20/h5-6,8,10H,1-4,7H2,(H,16,18)(H,19,20). The van der Waals surface area contributed by atoms with Crippen molar-refractivity contribution in [1.82, 2.24) is 15.3 Å². The molecule has 1 saturated heterocycles. The third-order valence-corrected chi connectivity index (χ3v) is 3.51. The van der Waals surface area contributed by atoms with E-state index in [0.717, 1.165) is 12.8 Å². The fourth-order valence-electron chi connectivity index (χ4n) is 2.20. The van der Waals surface area contributed by atoms with Gasteiger partial charge in [-0.2, -0.15) is 0 Å². The van der Waals surface area contributed by atoms with Gasteiger partial charge in [0.25, 0.3) is 0 Å². The van der Waals surface area contributed by atoms with Gasteiger partial charge in [-0.15, -0.1) is 0 Å². The van der Waals surface area contributed by atoms with Crippen LogP contribution in [0, 0.1) is 0 Å². The van der Waals surface area contributed by atoms with Crippen molar-refractivity contribution in [1.29, 1.82) is 0 Å². The van der Waals surface area contributed by atoms with Crippen LogP contribution in [0.25, 0.3) is 0 Å². The van der Waals surface area contributed by atoms with Crippen LogP contribution in [0.4, 0.5) is 5.82 Å². The Hall–Kier alpha value is -2.22. The SMILES string of the molecule is O=C(O)c1cnc(N2CCOCC2C(=O)NC2CC2)cn1. The molecule has 3 rings (SSSR count). The first-order chi connectivity index (χ1) is 10.1. The zero-order chi connectivity index (χ0) is 14.8. The molecule has 112 valence electrons. The first kappa shape index (κ1) is 13.7. The van der Waals surface area contributed by atoms with Crippen molar-refractivity contribution in [3.05, 3.63) is 18.1 Å². The third kappa shape index (κ3) is 3.10. The Kier molecular flexibility index (Phi) is 3.70. The maximum Gasteiger partial charge on any atom is 0.356 e. The van der Waals surface area contributed by atoms with Crippen LogP contribution in [-0.2, 0) is 9.53 Å². The van der Waals surface area contributed by atoms with Gasteiger partial charge in [0.05, 0.1) is 25.6 Å². The summed E-state index contributed by atoms with van der Waals surface area (Å²) in [4.78, 5) is 32.8. The van der Waals surface area contributed by atoms with E-state index < -0.39 is 12.0 Å². The molecule has 1 atom stereocenters. The molecular weight excluding hydrogens is 276 g/mol. The first-order valence-electron chi connectivity index (χ1n) is 6.85. The number of anilines is 1. The number of carbonyl (C=O) groups is 2. The van der Waals surface area contributed by atoms with E-state index in [0.29, 0.717) is 25.6 Å². The Morgan fingerprint density at radius 2 is 2.14 bits per heavy atom. The molecule has 2 aliphatic rings. The van der Waals surface area contributed by atoms with Gasteiger partial charge in [-0.3, -0.25) is 4.79 Å². The highest BCUT2D eigenvalue weighted by molar-refractivity contribution is 5.86. The molecule has 2 heterocycles. The minimum atomic E-state index is -1.13.